The molecule has 1 aromatic rings. The zero-order chi connectivity index (χ0) is 14.8. The van der Waals surface area contributed by atoms with Gasteiger partial charge in [-0.15, -0.1) is 0 Å². The molecule has 114 valence electrons. The number of hydrogen-bond acceptors (Lipinski definition) is 4. The smallest absolute Gasteiger partial charge is 0.142 e. The molecule has 0 aliphatic heterocycles. The maximum atomic E-state index is 8.65. The van der Waals surface area contributed by atoms with Gasteiger partial charge in [-0.2, -0.15) is 0 Å². The van der Waals surface area contributed by atoms with Crippen molar-refractivity contribution in [3.8, 4) is 5.75 Å². The highest BCUT2D eigenvalue weighted by molar-refractivity contribution is 6.35. The molecule has 0 saturated heterocycles. The van der Waals surface area contributed by atoms with E-state index in [1.54, 1.807) is 6.07 Å². The third-order valence-electron chi connectivity index (χ3n) is 2.62. The minimum absolute atomic E-state index is 0.152. The van der Waals surface area contributed by atoms with E-state index in [1.165, 1.54) is 0 Å². The van der Waals surface area contributed by atoms with E-state index in [2.05, 4.69) is 17.6 Å². The first-order valence-corrected chi connectivity index (χ1v) is 7.57. The second-order valence-electron chi connectivity index (χ2n) is 4.37. The Labute approximate surface area is 130 Å². The second kappa shape index (κ2) is 10.2. The van der Waals surface area contributed by atoms with E-state index in [0.717, 1.165) is 25.1 Å². The van der Waals surface area contributed by atoms with Crippen LogP contribution in [0, 0.1) is 0 Å². The molecule has 0 fully saturated rings. The number of halogens is 2. The average molecular weight is 321 g/mol. The van der Waals surface area contributed by atoms with Crippen molar-refractivity contribution >= 4 is 23.2 Å². The van der Waals surface area contributed by atoms with E-state index in [0.29, 0.717) is 35.5 Å². The maximum absolute atomic E-state index is 8.65. The molecular formula is C14H22Cl2N2O2. The summed E-state index contributed by atoms with van der Waals surface area (Å²) in [6.45, 7) is 5.66. The zero-order valence-electron chi connectivity index (χ0n) is 11.7. The van der Waals surface area contributed by atoms with Gasteiger partial charge < -0.3 is 20.5 Å². The molecule has 0 aromatic heterocycles. The molecule has 0 radical (unpaired) electrons. The predicted octanol–water partition coefficient (Wildman–Crippen LogP) is 2.45. The summed E-state index contributed by atoms with van der Waals surface area (Å²) >= 11 is 12.2. The van der Waals surface area contributed by atoms with Crippen LogP contribution in [0.15, 0.2) is 12.1 Å². The highest BCUT2D eigenvalue weighted by Gasteiger charge is 2.10. The third kappa shape index (κ3) is 6.29. The van der Waals surface area contributed by atoms with Gasteiger partial charge in [-0.25, -0.2) is 0 Å². The molecule has 1 aromatic carbocycles. The van der Waals surface area contributed by atoms with Crippen LogP contribution in [0.1, 0.15) is 18.9 Å². The molecule has 1 rings (SSSR count). The molecule has 6 heteroatoms. The molecular weight excluding hydrogens is 299 g/mol. The first-order valence-electron chi connectivity index (χ1n) is 6.82. The van der Waals surface area contributed by atoms with Crippen LogP contribution in [0.4, 0.5) is 0 Å². The third-order valence-corrected chi connectivity index (χ3v) is 3.12. The normalized spacial score (nSPS) is 10.8. The molecule has 0 saturated carbocycles. The van der Waals surface area contributed by atoms with E-state index in [1.807, 2.05) is 6.07 Å². The van der Waals surface area contributed by atoms with E-state index in [4.69, 9.17) is 33.0 Å². The standard InChI is InChI=1S/C14H22Cl2N2O2/c1-2-7-20-14-11(8-12(15)9-13(14)16)10-18-4-3-17-5-6-19/h8-9,17-19H,2-7,10H2,1H3. The minimum atomic E-state index is 0.152. The minimum Gasteiger partial charge on any atom is -0.492 e. The van der Waals surface area contributed by atoms with Crippen molar-refractivity contribution in [2.75, 3.05) is 32.8 Å². The number of aliphatic hydroxyl groups excluding tert-OH is 1. The molecule has 0 aliphatic carbocycles. The molecule has 0 bridgehead atoms. The summed E-state index contributed by atoms with van der Waals surface area (Å²) in [7, 11) is 0. The van der Waals surface area contributed by atoms with Crippen molar-refractivity contribution < 1.29 is 9.84 Å². The zero-order valence-corrected chi connectivity index (χ0v) is 13.2. The van der Waals surface area contributed by atoms with Crippen LogP contribution in [0.3, 0.4) is 0 Å². The Morgan fingerprint density at radius 2 is 1.90 bits per heavy atom. The number of ether oxygens (including phenoxy) is 1. The Hall–Kier alpha value is -0.520. The first kappa shape index (κ1) is 17.5. The summed E-state index contributed by atoms with van der Waals surface area (Å²) in [6.07, 6.45) is 0.927. The Balaban J connectivity index is 2.53. The number of aliphatic hydroxyl groups is 1. The fourth-order valence-electron chi connectivity index (χ4n) is 1.71. The molecule has 0 unspecified atom stereocenters. The monoisotopic (exact) mass is 320 g/mol. The number of benzene rings is 1. The van der Waals surface area contributed by atoms with Gasteiger partial charge in [-0.1, -0.05) is 30.1 Å². The lowest BCUT2D eigenvalue weighted by atomic mass is 10.2. The Morgan fingerprint density at radius 1 is 1.15 bits per heavy atom. The fraction of sp³-hybridized carbons (Fsp3) is 0.571. The summed E-state index contributed by atoms with van der Waals surface area (Å²) in [4.78, 5) is 0. The van der Waals surface area contributed by atoms with Gasteiger partial charge in [0.2, 0.25) is 0 Å². The quantitative estimate of drug-likeness (QED) is 0.580. The summed E-state index contributed by atoms with van der Waals surface area (Å²) in [5, 5.41) is 16.2. The lowest BCUT2D eigenvalue weighted by Crippen LogP contribution is -2.28. The highest BCUT2D eigenvalue weighted by Crippen LogP contribution is 2.32. The van der Waals surface area contributed by atoms with E-state index in [9.17, 15) is 0 Å². The Kier molecular flexibility index (Phi) is 8.98. The SMILES string of the molecule is CCCOc1c(Cl)cc(Cl)cc1CNCCNCCO. The van der Waals surface area contributed by atoms with Crippen LogP contribution in [0.5, 0.6) is 5.75 Å². The summed E-state index contributed by atoms with van der Waals surface area (Å²) in [5.74, 6) is 0.703. The fourth-order valence-corrected chi connectivity index (χ4v) is 2.30. The largest absolute Gasteiger partial charge is 0.492 e. The van der Waals surface area contributed by atoms with Crippen LogP contribution in [0.2, 0.25) is 10.0 Å². The van der Waals surface area contributed by atoms with Crippen molar-refractivity contribution in [3.63, 3.8) is 0 Å². The Bertz CT molecular complexity index is 403. The lowest BCUT2D eigenvalue weighted by molar-refractivity contribution is 0.292. The molecule has 20 heavy (non-hydrogen) atoms. The molecule has 0 atom stereocenters. The van der Waals surface area contributed by atoms with Gasteiger partial charge in [-0.05, 0) is 18.6 Å². The maximum Gasteiger partial charge on any atom is 0.142 e. The van der Waals surface area contributed by atoms with Gasteiger partial charge in [0.05, 0.1) is 18.2 Å². The van der Waals surface area contributed by atoms with Crippen LogP contribution in [-0.2, 0) is 6.54 Å². The molecule has 0 spiro atoms. The van der Waals surface area contributed by atoms with Gasteiger partial charge in [0.1, 0.15) is 5.75 Å². The summed E-state index contributed by atoms with van der Waals surface area (Å²) in [6, 6.07) is 3.56. The summed E-state index contributed by atoms with van der Waals surface area (Å²) < 4.78 is 5.69. The molecule has 3 N–H and O–H groups in total. The molecule has 4 nitrogen and oxygen atoms in total. The number of rotatable bonds is 10. The van der Waals surface area contributed by atoms with Crippen LogP contribution in [-0.4, -0.2) is 38.0 Å². The van der Waals surface area contributed by atoms with Gasteiger partial charge in [-0.3, -0.25) is 0 Å². The van der Waals surface area contributed by atoms with Crippen LogP contribution < -0.4 is 15.4 Å². The number of hydrogen-bond donors (Lipinski definition) is 3. The lowest BCUT2D eigenvalue weighted by Gasteiger charge is -2.14. The predicted molar refractivity (Wildman–Crippen MR) is 83.9 cm³/mol. The van der Waals surface area contributed by atoms with Crippen LogP contribution in [0.25, 0.3) is 0 Å². The van der Waals surface area contributed by atoms with Crippen molar-refractivity contribution in [1.82, 2.24) is 10.6 Å². The van der Waals surface area contributed by atoms with Crippen LogP contribution >= 0.6 is 23.2 Å². The van der Waals surface area contributed by atoms with Crippen molar-refractivity contribution in [2.24, 2.45) is 0 Å². The molecule has 0 amide bonds. The number of nitrogens with one attached hydrogen (secondary N) is 2. The summed E-state index contributed by atoms with van der Waals surface area (Å²) in [5.41, 5.74) is 0.957. The van der Waals surface area contributed by atoms with E-state index >= 15 is 0 Å². The van der Waals surface area contributed by atoms with Crippen molar-refractivity contribution in [3.05, 3.63) is 27.7 Å². The molecule has 0 aliphatic rings. The van der Waals surface area contributed by atoms with Crippen molar-refractivity contribution in [2.45, 2.75) is 19.9 Å². The van der Waals surface area contributed by atoms with E-state index in [-0.39, 0.29) is 6.61 Å². The van der Waals surface area contributed by atoms with Gasteiger partial charge in [0.25, 0.3) is 0 Å². The Morgan fingerprint density at radius 3 is 2.60 bits per heavy atom. The van der Waals surface area contributed by atoms with Gasteiger partial charge in [0, 0.05) is 36.8 Å². The topological polar surface area (TPSA) is 53.5 Å². The average Bonchev–Trinajstić information content (AvgIpc) is 2.41. The van der Waals surface area contributed by atoms with Crippen molar-refractivity contribution in [1.29, 1.82) is 0 Å². The van der Waals surface area contributed by atoms with Gasteiger partial charge in [0.15, 0.2) is 0 Å². The van der Waals surface area contributed by atoms with E-state index < -0.39 is 0 Å². The molecule has 0 heterocycles. The highest BCUT2D eigenvalue weighted by atomic mass is 35.5. The second-order valence-corrected chi connectivity index (χ2v) is 5.22. The van der Waals surface area contributed by atoms with Gasteiger partial charge >= 0.3 is 0 Å². The first-order chi connectivity index (χ1) is 9.69.